The average Bonchev–Trinajstić information content (AvgIpc) is 2.94. The molecule has 2 aliphatic rings. The number of hydrogen-bond donors (Lipinski definition) is 1. The van der Waals surface area contributed by atoms with Gasteiger partial charge in [-0.3, -0.25) is 14.6 Å². The van der Waals surface area contributed by atoms with Gasteiger partial charge >= 0.3 is 0 Å². The lowest BCUT2D eigenvalue weighted by molar-refractivity contribution is -0.126. The molecule has 3 atom stereocenters. The van der Waals surface area contributed by atoms with Crippen molar-refractivity contribution >= 4 is 5.91 Å². The molecule has 0 unspecified atom stereocenters. The summed E-state index contributed by atoms with van der Waals surface area (Å²) in [7, 11) is 0. The minimum Gasteiger partial charge on any atom is -0.373 e. The van der Waals surface area contributed by atoms with Crippen molar-refractivity contribution in [3.05, 3.63) is 35.9 Å². The number of carbonyl (C=O) groups excluding carboxylic acids is 1. The first-order valence-corrected chi connectivity index (χ1v) is 9.02. The van der Waals surface area contributed by atoms with E-state index in [0.29, 0.717) is 6.54 Å². The van der Waals surface area contributed by atoms with Crippen molar-refractivity contribution in [3.63, 3.8) is 0 Å². The van der Waals surface area contributed by atoms with E-state index in [1.54, 1.807) is 0 Å². The number of amides is 1. The van der Waals surface area contributed by atoms with E-state index in [-0.39, 0.29) is 24.2 Å². The molecule has 5 heteroatoms. The van der Waals surface area contributed by atoms with Crippen LogP contribution in [0, 0.1) is 0 Å². The van der Waals surface area contributed by atoms with Crippen LogP contribution in [-0.2, 0) is 16.1 Å². The number of nitrogens with zero attached hydrogens (tertiary/aromatic N) is 2. The average molecular weight is 331 g/mol. The zero-order valence-corrected chi connectivity index (χ0v) is 14.8. The standard InChI is InChI=1S/C19H29N3O2/c1-15-10-22(11-16(2)24-15)14-19(23)20-18-8-9-21(13-18)12-17-6-4-3-5-7-17/h3-7,15-16,18H,8-14H2,1-2H3,(H,20,23)/t15-,16+,18-/m1/s1. The molecule has 0 spiro atoms. The van der Waals surface area contributed by atoms with Crippen molar-refractivity contribution in [3.8, 4) is 0 Å². The van der Waals surface area contributed by atoms with E-state index in [2.05, 4.69) is 53.2 Å². The summed E-state index contributed by atoms with van der Waals surface area (Å²) in [6.07, 6.45) is 1.44. The molecule has 0 aromatic heterocycles. The van der Waals surface area contributed by atoms with E-state index in [9.17, 15) is 4.79 Å². The second kappa shape index (κ2) is 8.10. The van der Waals surface area contributed by atoms with E-state index in [1.165, 1.54) is 5.56 Å². The maximum atomic E-state index is 12.3. The van der Waals surface area contributed by atoms with E-state index < -0.39 is 0 Å². The third-order valence-corrected chi connectivity index (χ3v) is 4.75. The maximum Gasteiger partial charge on any atom is 0.234 e. The molecule has 3 rings (SSSR count). The Morgan fingerprint density at radius 3 is 2.54 bits per heavy atom. The fraction of sp³-hybridized carbons (Fsp3) is 0.632. The first kappa shape index (κ1) is 17.4. The van der Waals surface area contributed by atoms with Gasteiger partial charge in [0.05, 0.1) is 18.8 Å². The molecule has 1 aromatic carbocycles. The summed E-state index contributed by atoms with van der Waals surface area (Å²) in [5.41, 5.74) is 1.33. The largest absolute Gasteiger partial charge is 0.373 e. The van der Waals surface area contributed by atoms with E-state index in [4.69, 9.17) is 4.74 Å². The van der Waals surface area contributed by atoms with Crippen LogP contribution in [0.15, 0.2) is 30.3 Å². The van der Waals surface area contributed by atoms with Crippen LogP contribution in [0.5, 0.6) is 0 Å². The summed E-state index contributed by atoms with van der Waals surface area (Å²) >= 11 is 0. The van der Waals surface area contributed by atoms with E-state index in [1.807, 2.05) is 6.07 Å². The number of benzene rings is 1. The third kappa shape index (κ3) is 5.03. The lowest BCUT2D eigenvalue weighted by atomic mass is 10.2. The summed E-state index contributed by atoms with van der Waals surface area (Å²) < 4.78 is 5.72. The Kier molecular flexibility index (Phi) is 5.87. The highest BCUT2D eigenvalue weighted by Gasteiger charge is 2.27. The fourth-order valence-electron chi connectivity index (χ4n) is 3.83. The molecule has 0 saturated carbocycles. The van der Waals surface area contributed by atoms with Crippen LogP contribution in [0.3, 0.4) is 0 Å². The molecular formula is C19H29N3O2. The number of morpholine rings is 1. The quantitative estimate of drug-likeness (QED) is 0.888. The Bertz CT molecular complexity index is 527. The van der Waals surface area contributed by atoms with Crippen molar-refractivity contribution in [1.82, 2.24) is 15.1 Å². The molecule has 1 aromatic rings. The third-order valence-electron chi connectivity index (χ3n) is 4.75. The number of carbonyl (C=O) groups is 1. The highest BCUT2D eigenvalue weighted by atomic mass is 16.5. The predicted molar refractivity (Wildman–Crippen MR) is 94.7 cm³/mol. The summed E-state index contributed by atoms with van der Waals surface area (Å²) in [6, 6.07) is 10.8. The van der Waals surface area contributed by atoms with Crippen LogP contribution in [0.2, 0.25) is 0 Å². The lowest BCUT2D eigenvalue weighted by Crippen LogP contribution is -2.50. The number of hydrogen-bond acceptors (Lipinski definition) is 4. The Morgan fingerprint density at radius 2 is 1.83 bits per heavy atom. The molecule has 2 heterocycles. The number of nitrogens with one attached hydrogen (secondary N) is 1. The predicted octanol–water partition coefficient (Wildman–Crippen LogP) is 1.49. The first-order chi connectivity index (χ1) is 11.6. The smallest absolute Gasteiger partial charge is 0.234 e. The van der Waals surface area contributed by atoms with Gasteiger partial charge in [0.25, 0.3) is 0 Å². The lowest BCUT2D eigenvalue weighted by Gasteiger charge is -2.34. The second-order valence-electron chi connectivity index (χ2n) is 7.23. The number of ether oxygens (including phenoxy) is 1. The van der Waals surface area contributed by atoms with Gasteiger partial charge in [-0.05, 0) is 25.8 Å². The molecule has 1 N–H and O–H groups in total. The number of likely N-dealkylation sites (tertiary alicyclic amines) is 1. The highest BCUT2D eigenvalue weighted by Crippen LogP contribution is 2.14. The normalized spacial score (nSPS) is 28.8. The molecular weight excluding hydrogens is 302 g/mol. The molecule has 5 nitrogen and oxygen atoms in total. The molecule has 2 saturated heterocycles. The van der Waals surface area contributed by atoms with Gasteiger partial charge in [0.1, 0.15) is 0 Å². The molecule has 0 bridgehead atoms. The minimum absolute atomic E-state index is 0.142. The number of rotatable bonds is 5. The van der Waals surface area contributed by atoms with Crippen LogP contribution >= 0.6 is 0 Å². The van der Waals surface area contributed by atoms with Gasteiger partial charge in [-0.2, -0.15) is 0 Å². The van der Waals surface area contributed by atoms with Gasteiger partial charge in [0.2, 0.25) is 5.91 Å². The second-order valence-corrected chi connectivity index (χ2v) is 7.23. The topological polar surface area (TPSA) is 44.8 Å². The molecule has 0 aliphatic carbocycles. The SMILES string of the molecule is C[C@@H]1CN(CC(=O)N[C@@H]2CCN(Cc3ccccc3)C2)C[C@H](C)O1. The molecule has 0 radical (unpaired) electrons. The van der Waals surface area contributed by atoms with Crippen LogP contribution in [0.4, 0.5) is 0 Å². The van der Waals surface area contributed by atoms with Crippen molar-refractivity contribution in [2.75, 3.05) is 32.7 Å². The van der Waals surface area contributed by atoms with Gasteiger partial charge < -0.3 is 10.1 Å². The Balaban J connectivity index is 1.41. The van der Waals surface area contributed by atoms with Crippen LogP contribution in [0.1, 0.15) is 25.8 Å². The highest BCUT2D eigenvalue weighted by molar-refractivity contribution is 5.78. The van der Waals surface area contributed by atoms with Gasteiger partial charge in [-0.25, -0.2) is 0 Å². The van der Waals surface area contributed by atoms with Gasteiger partial charge in [0, 0.05) is 38.8 Å². The zero-order valence-electron chi connectivity index (χ0n) is 14.8. The van der Waals surface area contributed by atoms with Gasteiger partial charge in [-0.1, -0.05) is 30.3 Å². The van der Waals surface area contributed by atoms with Crippen LogP contribution < -0.4 is 5.32 Å². The summed E-state index contributed by atoms with van der Waals surface area (Å²) in [4.78, 5) is 16.9. The van der Waals surface area contributed by atoms with Crippen molar-refractivity contribution in [2.24, 2.45) is 0 Å². The molecule has 2 fully saturated rings. The van der Waals surface area contributed by atoms with Crippen LogP contribution in [-0.4, -0.2) is 66.7 Å². The van der Waals surface area contributed by atoms with E-state index >= 15 is 0 Å². The monoisotopic (exact) mass is 331 g/mol. The Hall–Kier alpha value is -1.43. The van der Waals surface area contributed by atoms with Gasteiger partial charge in [-0.15, -0.1) is 0 Å². The maximum absolute atomic E-state index is 12.3. The van der Waals surface area contributed by atoms with Crippen molar-refractivity contribution in [2.45, 2.75) is 45.1 Å². The first-order valence-electron chi connectivity index (χ1n) is 9.02. The molecule has 132 valence electrons. The summed E-state index contributed by atoms with van der Waals surface area (Å²) in [5.74, 6) is 0.142. The zero-order chi connectivity index (χ0) is 16.9. The van der Waals surface area contributed by atoms with E-state index in [0.717, 1.165) is 39.1 Å². The molecule has 2 aliphatic heterocycles. The van der Waals surface area contributed by atoms with Crippen LogP contribution in [0.25, 0.3) is 0 Å². The van der Waals surface area contributed by atoms with Crippen molar-refractivity contribution < 1.29 is 9.53 Å². The molecule has 24 heavy (non-hydrogen) atoms. The Labute approximate surface area is 145 Å². The molecule has 1 amide bonds. The Morgan fingerprint density at radius 1 is 1.12 bits per heavy atom. The summed E-state index contributed by atoms with van der Waals surface area (Å²) in [5, 5.41) is 3.21. The summed E-state index contributed by atoms with van der Waals surface area (Å²) in [6.45, 7) is 9.24. The van der Waals surface area contributed by atoms with Crippen molar-refractivity contribution in [1.29, 1.82) is 0 Å². The minimum atomic E-state index is 0.142. The van der Waals surface area contributed by atoms with Gasteiger partial charge in [0.15, 0.2) is 0 Å². The fourth-order valence-corrected chi connectivity index (χ4v) is 3.83.